The topological polar surface area (TPSA) is 57.9 Å². The van der Waals surface area contributed by atoms with E-state index in [1.807, 2.05) is 19.1 Å². The van der Waals surface area contributed by atoms with Gasteiger partial charge >= 0.3 is 0 Å². The maximum absolute atomic E-state index is 13.5. The number of pyridine rings is 1. The van der Waals surface area contributed by atoms with E-state index >= 15 is 0 Å². The summed E-state index contributed by atoms with van der Waals surface area (Å²) in [6.07, 6.45) is 12.6. The van der Waals surface area contributed by atoms with Crippen molar-refractivity contribution >= 4 is 51.7 Å². The van der Waals surface area contributed by atoms with Crippen molar-refractivity contribution in [3.63, 3.8) is 0 Å². The normalized spacial score (nSPS) is 17.8. The number of thiocarbonyl (C=S) groups is 1. The molecule has 0 aromatic carbocycles. The average Bonchev–Trinajstić information content (AvgIpc) is 3.42. The highest BCUT2D eigenvalue weighted by Crippen LogP contribution is 2.34. The number of aromatic nitrogens is 2. The van der Waals surface area contributed by atoms with Gasteiger partial charge in [0.15, 0.2) is 0 Å². The van der Waals surface area contributed by atoms with E-state index in [1.165, 1.54) is 37.4 Å². The molecule has 0 radical (unpaired) electrons. The lowest BCUT2D eigenvalue weighted by molar-refractivity contribution is -0.122. The zero-order valence-electron chi connectivity index (χ0n) is 19.5. The van der Waals surface area contributed by atoms with E-state index in [2.05, 4.69) is 11.8 Å². The van der Waals surface area contributed by atoms with Crippen LogP contribution in [0.4, 0.5) is 5.82 Å². The highest BCUT2D eigenvalue weighted by molar-refractivity contribution is 8.26. The Balaban J connectivity index is 1.62. The Morgan fingerprint density at radius 3 is 2.61 bits per heavy atom. The van der Waals surface area contributed by atoms with Crippen molar-refractivity contribution in [3.8, 4) is 0 Å². The van der Waals surface area contributed by atoms with Crippen LogP contribution in [0.1, 0.15) is 69.4 Å². The van der Waals surface area contributed by atoms with Gasteiger partial charge in [0.25, 0.3) is 11.5 Å². The molecule has 1 amide bonds. The summed E-state index contributed by atoms with van der Waals surface area (Å²) < 4.78 is 2.16. The summed E-state index contributed by atoms with van der Waals surface area (Å²) in [5.41, 5.74) is 1.94. The third-order valence-electron chi connectivity index (χ3n) is 6.35. The van der Waals surface area contributed by atoms with E-state index < -0.39 is 0 Å². The van der Waals surface area contributed by atoms with Crippen molar-refractivity contribution in [1.82, 2.24) is 14.3 Å². The largest absolute Gasteiger partial charge is 0.356 e. The van der Waals surface area contributed by atoms with E-state index in [9.17, 15) is 9.59 Å². The summed E-state index contributed by atoms with van der Waals surface area (Å²) >= 11 is 6.81. The molecule has 6 nitrogen and oxygen atoms in total. The second kappa shape index (κ2) is 10.8. The number of hydrogen-bond donors (Lipinski definition) is 0. The van der Waals surface area contributed by atoms with Crippen LogP contribution in [0.3, 0.4) is 0 Å². The van der Waals surface area contributed by atoms with Crippen molar-refractivity contribution in [2.75, 3.05) is 24.5 Å². The van der Waals surface area contributed by atoms with E-state index in [0.29, 0.717) is 32.8 Å². The Morgan fingerprint density at radius 2 is 1.85 bits per heavy atom. The van der Waals surface area contributed by atoms with Gasteiger partial charge in [-0.05, 0) is 43.9 Å². The number of unbranched alkanes of at least 4 members (excludes halogenated alkanes) is 5. The van der Waals surface area contributed by atoms with Crippen molar-refractivity contribution < 1.29 is 4.79 Å². The first-order valence-electron chi connectivity index (χ1n) is 12.0. The number of hydrogen-bond acceptors (Lipinski definition) is 6. The molecule has 0 atom stereocenters. The van der Waals surface area contributed by atoms with Gasteiger partial charge in [0.1, 0.15) is 15.8 Å². The summed E-state index contributed by atoms with van der Waals surface area (Å²) in [4.78, 5) is 35.9. The van der Waals surface area contributed by atoms with Gasteiger partial charge in [-0.1, -0.05) is 69.1 Å². The summed E-state index contributed by atoms with van der Waals surface area (Å²) in [5, 5.41) is 0. The smallest absolute Gasteiger partial charge is 0.267 e. The fourth-order valence-corrected chi connectivity index (χ4v) is 5.76. The molecule has 2 aromatic heterocycles. The van der Waals surface area contributed by atoms with Gasteiger partial charge in [-0.3, -0.25) is 18.9 Å². The molecule has 0 N–H and O–H groups in total. The van der Waals surface area contributed by atoms with E-state index in [4.69, 9.17) is 17.2 Å². The molecule has 2 fully saturated rings. The fraction of sp³-hybridized carbons (Fsp3) is 0.520. The van der Waals surface area contributed by atoms with Gasteiger partial charge in [-0.2, -0.15) is 0 Å². The van der Waals surface area contributed by atoms with Crippen LogP contribution in [-0.4, -0.2) is 44.1 Å². The first-order valence-corrected chi connectivity index (χ1v) is 13.3. The highest BCUT2D eigenvalue weighted by Gasteiger charge is 2.32. The maximum atomic E-state index is 13.5. The minimum Gasteiger partial charge on any atom is -0.356 e. The van der Waals surface area contributed by atoms with Crippen LogP contribution < -0.4 is 10.5 Å². The minimum atomic E-state index is -0.146. The number of carbonyl (C=O) groups is 1. The van der Waals surface area contributed by atoms with E-state index in [1.54, 1.807) is 21.6 Å². The van der Waals surface area contributed by atoms with Crippen LogP contribution in [0.5, 0.6) is 0 Å². The molecule has 0 bridgehead atoms. The lowest BCUT2D eigenvalue weighted by atomic mass is 10.1. The highest BCUT2D eigenvalue weighted by atomic mass is 32.2. The molecular formula is C25H32N4O2S2. The van der Waals surface area contributed by atoms with Crippen LogP contribution in [-0.2, 0) is 4.79 Å². The van der Waals surface area contributed by atoms with Gasteiger partial charge in [-0.25, -0.2) is 4.98 Å². The monoisotopic (exact) mass is 484 g/mol. The van der Waals surface area contributed by atoms with Gasteiger partial charge in [-0.15, -0.1) is 0 Å². The van der Waals surface area contributed by atoms with Crippen molar-refractivity contribution in [3.05, 3.63) is 44.7 Å². The maximum Gasteiger partial charge on any atom is 0.267 e. The summed E-state index contributed by atoms with van der Waals surface area (Å²) in [5.74, 6) is 0.577. The average molecular weight is 485 g/mol. The van der Waals surface area contributed by atoms with Gasteiger partial charge in [0.05, 0.1) is 10.5 Å². The standard InChI is InChI=1S/C25H32N4O2S2/c1-3-4-5-6-7-8-15-29-24(31)20(33-25(29)32)17-19-22(27-13-9-10-14-27)26-21-18(2)12-11-16-28(21)23(19)30/h11-12,16-17H,3-10,13-15H2,1-2H3/b20-17-. The van der Waals surface area contributed by atoms with E-state index in [-0.39, 0.29) is 11.5 Å². The Bertz CT molecular complexity index is 1140. The number of rotatable bonds is 9. The number of anilines is 1. The molecule has 176 valence electrons. The minimum absolute atomic E-state index is 0.0975. The lowest BCUT2D eigenvalue weighted by Gasteiger charge is -2.20. The molecule has 0 unspecified atom stereocenters. The Hall–Kier alpha value is -2.19. The zero-order valence-corrected chi connectivity index (χ0v) is 21.1. The quantitative estimate of drug-likeness (QED) is 0.278. The zero-order chi connectivity index (χ0) is 23.4. The molecule has 2 aromatic rings. The number of nitrogens with zero attached hydrogens (tertiary/aromatic N) is 4. The molecule has 2 aliphatic heterocycles. The van der Waals surface area contributed by atoms with Crippen LogP contribution in [0.25, 0.3) is 11.7 Å². The van der Waals surface area contributed by atoms with Gasteiger partial charge in [0, 0.05) is 25.8 Å². The Kier molecular flexibility index (Phi) is 7.86. The predicted octanol–water partition coefficient (Wildman–Crippen LogP) is 5.16. The van der Waals surface area contributed by atoms with Crippen LogP contribution in [0, 0.1) is 6.92 Å². The number of carbonyl (C=O) groups excluding carboxylic acids is 1. The van der Waals surface area contributed by atoms with Crippen molar-refractivity contribution in [2.24, 2.45) is 0 Å². The number of amides is 1. The summed E-state index contributed by atoms with van der Waals surface area (Å²) in [6, 6.07) is 3.81. The van der Waals surface area contributed by atoms with Crippen molar-refractivity contribution in [2.45, 2.75) is 65.2 Å². The van der Waals surface area contributed by atoms with Gasteiger partial charge < -0.3 is 4.90 Å². The number of aryl methyl sites for hydroxylation is 1. The van der Waals surface area contributed by atoms with E-state index in [0.717, 1.165) is 44.3 Å². The molecule has 8 heteroatoms. The first kappa shape index (κ1) is 24.0. The van der Waals surface area contributed by atoms with Crippen LogP contribution in [0.2, 0.25) is 0 Å². The Labute approximate surface area is 205 Å². The van der Waals surface area contributed by atoms with Gasteiger partial charge in [0.2, 0.25) is 0 Å². The van der Waals surface area contributed by atoms with Crippen LogP contribution >= 0.6 is 24.0 Å². The molecular weight excluding hydrogens is 452 g/mol. The fourth-order valence-electron chi connectivity index (χ4n) is 4.47. The molecule has 33 heavy (non-hydrogen) atoms. The number of thioether (sulfide) groups is 1. The number of fused-ring (bicyclic) bond motifs is 1. The molecule has 4 rings (SSSR count). The SMILES string of the molecule is CCCCCCCCN1C(=O)/C(=C/c2c(N3CCCC3)nc3c(C)cccn3c2=O)SC1=S. The molecule has 2 aliphatic rings. The first-order chi connectivity index (χ1) is 16.0. The summed E-state index contributed by atoms with van der Waals surface area (Å²) in [7, 11) is 0. The third-order valence-corrected chi connectivity index (χ3v) is 7.73. The molecule has 4 heterocycles. The lowest BCUT2D eigenvalue weighted by Crippen LogP contribution is -2.29. The molecule has 0 saturated carbocycles. The third kappa shape index (κ3) is 5.17. The van der Waals surface area contributed by atoms with Crippen LogP contribution in [0.15, 0.2) is 28.0 Å². The molecule has 2 saturated heterocycles. The molecule has 0 spiro atoms. The second-order valence-corrected chi connectivity index (χ2v) is 10.5. The predicted molar refractivity (Wildman–Crippen MR) is 141 cm³/mol. The second-order valence-electron chi connectivity index (χ2n) is 8.83. The summed E-state index contributed by atoms with van der Waals surface area (Å²) in [6.45, 7) is 6.55. The van der Waals surface area contributed by atoms with Crippen molar-refractivity contribution in [1.29, 1.82) is 0 Å². The Morgan fingerprint density at radius 1 is 1.12 bits per heavy atom. The molecule has 0 aliphatic carbocycles.